The van der Waals surface area contributed by atoms with E-state index in [0.29, 0.717) is 6.04 Å². The van der Waals surface area contributed by atoms with Crippen molar-refractivity contribution in [2.24, 2.45) is 0 Å². The van der Waals surface area contributed by atoms with Crippen molar-refractivity contribution >= 4 is 27.3 Å². The van der Waals surface area contributed by atoms with Crippen LogP contribution in [0.1, 0.15) is 29.1 Å². The fourth-order valence-electron chi connectivity index (χ4n) is 2.05. The first-order valence-corrected chi connectivity index (χ1v) is 7.75. The Kier molecular flexibility index (Phi) is 4.92. The van der Waals surface area contributed by atoms with E-state index in [4.69, 9.17) is 0 Å². The molecule has 0 aliphatic rings. The summed E-state index contributed by atoms with van der Waals surface area (Å²) in [5.74, 6) is 0. The van der Waals surface area contributed by atoms with Gasteiger partial charge in [0.25, 0.3) is 0 Å². The van der Waals surface area contributed by atoms with E-state index < -0.39 is 0 Å². The summed E-state index contributed by atoms with van der Waals surface area (Å²) in [4.78, 5) is 4.38. The van der Waals surface area contributed by atoms with Crippen LogP contribution in [0.3, 0.4) is 0 Å². The van der Waals surface area contributed by atoms with Gasteiger partial charge in [-0.15, -0.1) is 11.3 Å². The molecule has 0 aliphatic carbocycles. The van der Waals surface area contributed by atoms with E-state index in [-0.39, 0.29) is 0 Å². The molecule has 0 aliphatic heterocycles. The number of nitrogens with one attached hydrogen (secondary N) is 1. The van der Waals surface area contributed by atoms with E-state index in [1.807, 2.05) is 11.6 Å². The van der Waals surface area contributed by atoms with E-state index in [1.165, 1.54) is 16.1 Å². The quantitative estimate of drug-likeness (QED) is 0.895. The van der Waals surface area contributed by atoms with Crippen LogP contribution in [0.2, 0.25) is 0 Å². The Labute approximate surface area is 121 Å². The number of halogens is 1. The lowest BCUT2D eigenvalue weighted by molar-refractivity contribution is 0.546. The van der Waals surface area contributed by atoms with Crippen LogP contribution in [0.15, 0.2) is 34.2 Å². The SMILES string of the molecule is CCNC(Cc1nccs1)c1cc(Br)ccc1C. The third-order valence-corrected chi connectivity index (χ3v) is 4.22. The molecular formula is C14H17BrN2S. The first kappa shape index (κ1) is 13.7. The second kappa shape index (κ2) is 6.45. The molecule has 0 saturated heterocycles. The highest BCUT2D eigenvalue weighted by atomic mass is 79.9. The number of benzene rings is 1. The molecule has 1 atom stereocenters. The molecule has 1 N–H and O–H groups in total. The van der Waals surface area contributed by atoms with Crippen LogP contribution in [-0.2, 0) is 6.42 Å². The van der Waals surface area contributed by atoms with Gasteiger partial charge in [0.2, 0.25) is 0 Å². The average molecular weight is 325 g/mol. The molecule has 0 bridgehead atoms. The molecule has 0 fully saturated rings. The highest BCUT2D eigenvalue weighted by Gasteiger charge is 2.15. The maximum absolute atomic E-state index is 4.38. The summed E-state index contributed by atoms with van der Waals surface area (Å²) >= 11 is 5.27. The number of aromatic nitrogens is 1. The first-order chi connectivity index (χ1) is 8.70. The second-order valence-corrected chi connectivity index (χ2v) is 6.14. The molecule has 1 aromatic carbocycles. The molecule has 18 heavy (non-hydrogen) atoms. The number of rotatable bonds is 5. The molecule has 1 unspecified atom stereocenters. The average Bonchev–Trinajstić information content (AvgIpc) is 2.85. The van der Waals surface area contributed by atoms with E-state index in [2.05, 4.69) is 58.3 Å². The van der Waals surface area contributed by atoms with Crippen LogP contribution in [-0.4, -0.2) is 11.5 Å². The third-order valence-electron chi connectivity index (χ3n) is 2.93. The number of aryl methyl sites for hydroxylation is 1. The first-order valence-electron chi connectivity index (χ1n) is 6.08. The van der Waals surface area contributed by atoms with Crippen molar-refractivity contribution in [3.8, 4) is 0 Å². The van der Waals surface area contributed by atoms with Crippen molar-refractivity contribution in [2.75, 3.05) is 6.54 Å². The Morgan fingerprint density at radius 1 is 1.44 bits per heavy atom. The Morgan fingerprint density at radius 3 is 2.94 bits per heavy atom. The van der Waals surface area contributed by atoms with Gasteiger partial charge in [-0.1, -0.05) is 28.9 Å². The van der Waals surface area contributed by atoms with Crippen molar-refractivity contribution in [3.63, 3.8) is 0 Å². The van der Waals surface area contributed by atoms with Crippen molar-refractivity contribution < 1.29 is 0 Å². The molecular weight excluding hydrogens is 308 g/mol. The van der Waals surface area contributed by atoms with Crippen LogP contribution < -0.4 is 5.32 Å². The van der Waals surface area contributed by atoms with Gasteiger partial charge in [-0.2, -0.15) is 0 Å². The van der Waals surface area contributed by atoms with Crippen LogP contribution in [0, 0.1) is 6.92 Å². The Morgan fingerprint density at radius 2 is 2.28 bits per heavy atom. The predicted octanol–water partition coefficient (Wildman–Crippen LogP) is 4.11. The number of likely N-dealkylation sites (N-methyl/N-ethyl adjacent to an activating group) is 1. The number of hydrogen-bond acceptors (Lipinski definition) is 3. The largest absolute Gasteiger partial charge is 0.310 e. The second-order valence-electron chi connectivity index (χ2n) is 4.24. The molecule has 0 spiro atoms. The summed E-state index contributed by atoms with van der Waals surface area (Å²) in [6.07, 6.45) is 2.82. The lowest BCUT2D eigenvalue weighted by atomic mass is 9.99. The Bertz CT molecular complexity index is 497. The molecule has 2 rings (SSSR count). The number of nitrogens with zero attached hydrogens (tertiary/aromatic N) is 1. The summed E-state index contributed by atoms with van der Waals surface area (Å²) < 4.78 is 1.13. The summed E-state index contributed by atoms with van der Waals surface area (Å²) in [6.45, 7) is 5.26. The zero-order valence-electron chi connectivity index (χ0n) is 10.6. The van der Waals surface area contributed by atoms with Gasteiger partial charge in [-0.25, -0.2) is 4.98 Å². The van der Waals surface area contributed by atoms with E-state index in [0.717, 1.165) is 17.4 Å². The van der Waals surface area contributed by atoms with Gasteiger partial charge >= 0.3 is 0 Å². The van der Waals surface area contributed by atoms with Crippen LogP contribution in [0.4, 0.5) is 0 Å². The summed E-state index contributed by atoms with van der Waals surface area (Å²) in [7, 11) is 0. The summed E-state index contributed by atoms with van der Waals surface area (Å²) in [6, 6.07) is 6.78. The van der Waals surface area contributed by atoms with Crippen LogP contribution in [0.25, 0.3) is 0 Å². The third kappa shape index (κ3) is 3.40. The highest BCUT2D eigenvalue weighted by Crippen LogP contribution is 2.25. The van der Waals surface area contributed by atoms with Gasteiger partial charge in [0.1, 0.15) is 0 Å². The van der Waals surface area contributed by atoms with Gasteiger partial charge in [0.15, 0.2) is 0 Å². The van der Waals surface area contributed by atoms with Crippen LogP contribution in [0.5, 0.6) is 0 Å². The minimum absolute atomic E-state index is 0.332. The van der Waals surface area contributed by atoms with Crippen molar-refractivity contribution in [1.29, 1.82) is 0 Å². The zero-order chi connectivity index (χ0) is 13.0. The molecule has 2 nitrogen and oxygen atoms in total. The van der Waals surface area contributed by atoms with E-state index in [9.17, 15) is 0 Å². The number of hydrogen-bond donors (Lipinski definition) is 1. The highest BCUT2D eigenvalue weighted by molar-refractivity contribution is 9.10. The van der Waals surface area contributed by atoms with Gasteiger partial charge < -0.3 is 5.32 Å². The maximum Gasteiger partial charge on any atom is 0.0943 e. The van der Waals surface area contributed by atoms with E-state index >= 15 is 0 Å². The summed E-state index contributed by atoms with van der Waals surface area (Å²) in [5.41, 5.74) is 2.67. The van der Waals surface area contributed by atoms with Gasteiger partial charge in [0.05, 0.1) is 5.01 Å². The minimum atomic E-state index is 0.332. The van der Waals surface area contributed by atoms with Gasteiger partial charge in [-0.05, 0) is 36.7 Å². The van der Waals surface area contributed by atoms with Crippen LogP contribution >= 0.6 is 27.3 Å². The molecule has 4 heteroatoms. The normalized spacial score (nSPS) is 12.6. The fourth-order valence-corrected chi connectivity index (χ4v) is 3.10. The monoisotopic (exact) mass is 324 g/mol. The lowest BCUT2D eigenvalue weighted by Crippen LogP contribution is -2.23. The molecule has 1 heterocycles. The number of thiazole rings is 1. The predicted molar refractivity (Wildman–Crippen MR) is 81.1 cm³/mol. The Balaban J connectivity index is 2.26. The topological polar surface area (TPSA) is 24.9 Å². The molecule has 1 aromatic heterocycles. The van der Waals surface area contributed by atoms with Gasteiger partial charge in [0, 0.05) is 28.5 Å². The fraction of sp³-hybridized carbons (Fsp3) is 0.357. The minimum Gasteiger partial charge on any atom is -0.310 e. The van der Waals surface area contributed by atoms with E-state index in [1.54, 1.807) is 11.3 Å². The zero-order valence-corrected chi connectivity index (χ0v) is 13.0. The Hall–Kier alpha value is -0.710. The maximum atomic E-state index is 4.38. The molecule has 0 radical (unpaired) electrons. The molecule has 2 aromatic rings. The molecule has 0 saturated carbocycles. The molecule has 96 valence electrons. The summed E-state index contributed by atoms with van der Waals surface area (Å²) in [5, 5.41) is 6.77. The van der Waals surface area contributed by atoms with Crippen molar-refractivity contribution in [1.82, 2.24) is 10.3 Å². The van der Waals surface area contributed by atoms with Crippen molar-refractivity contribution in [2.45, 2.75) is 26.3 Å². The van der Waals surface area contributed by atoms with Gasteiger partial charge in [-0.3, -0.25) is 0 Å². The lowest BCUT2D eigenvalue weighted by Gasteiger charge is -2.19. The molecule has 0 amide bonds. The standard InChI is InChI=1S/C14H17BrN2S/c1-3-16-13(9-14-17-6-7-18-14)12-8-11(15)5-4-10(12)2/h4-8,13,16H,3,9H2,1-2H3. The smallest absolute Gasteiger partial charge is 0.0943 e. The van der Waals surface area contributed by atoms with Crippen molar-refractivity contribution in [3.05, 3.63) is 50.4 Å².